The van der Waals surface area contributed by atoms with Crippen LogP contribution in [-0.2, 0) is 4.89 Å². The van der Waals surface area contributed by atoms with E-state index >= 15 is 0 Å². The standard InChI is InChI=1S/C9H10N2O3/c12-9(11-6-1-7-11)14-13-8-2-4-10-5-3-8/h2-5H,1,6-7H2. The minimum Gasteiger partial charge on any atom is -0.305 e. The van der Waals surface area contributed by atoms with E-state index in [4.69, 9.17) is 4.89 Å². The van der Waals surface area contributed by atoms with Crippen molar-refractivity contribution in [2.24, 2.45) is 0 Å². The van der Waals surface area contributed by atoms with Crippen LogP contribution in [0, 0.1) is 0 Å². The molecule has 0 aromatic carbocycles. The average Bonchev–Trinajstić information content (AvgIpc) is 2.14. The van der Waals surface area contributed by atoms with Gasteiger partial charge in [-0.25, -0.2) is 9.68 Å². The largest absolute Gasteiger partial charge is 0.452 e. The highest BCUT2D eigenvalue weighted by Gasteiger charge is 2.22. The van der Waals surface area contributed by atoms with E-state index in [1.54, 1.807) is 29.4 Å². The third kappa shape index (κ3) is 1.93. The van der Waals surface area contributed by atoms with Crippen molar-refractivity contribution >= 4 is 6.09 Å². The molecule has 5 nitrogen and oxygen atoms in total. The number of likely N-dealkylation sites (tertiary alicyclic amines) is 1. The van der Waals surface area contributed by atoms with Gasteiger partial charge in [-0.1, -0.05) is 0 Å². The molecule has 1 aromatic rings. The van der Waals surface area contributed by atoms with Gasteiger partial charge in [0, 0.05) is 37.6 Å². The van der Waals surface area contributed by atoms with Gasteiger partial charge in [-0.15, -0.1) is 0 Å². The first-order chi connectivity index (χ1) is 6.86. The van der Waals surface area contributed by atoms with Gasteiger partial charge in [-0.3, -0.25) is 9.87 Å². The van der Waals surface area contributed by atoms with Crippen LogP contribution in [0.5, 0.6) is 5.75 Å². The molecule has 0 bridgehead atoms. The number of pyridine rings is 1. The van der Waals surface area contributed by atoms with Crippen molar-refractivity contribution in [3.8, 4) is 5.75 Å². The summed E-state index contributed by atoms with van der Waals surface area (Å²) in [4.78, 5) is 25.9. The van der Waals surface area contributed by atoms with Crippen LogP contribution in [-0.4, -0.2) is 29.1 Å². The fourth-order valence-corrected chi connectivity index (χ4v) is 1.03. The molecule has 0 N–H and O–H groups in total. The number of aromatic nitrogens is 1. The zero-order valence-corrected chi connectivity index (χ0v) is 7.55. The molecule has 5 heteroatoms. The zero-order chi connectivity index (χ0) is 9.80. The Hall–Kier alpha value is -1.78. The Balaban J connectivity index is 1.79. The van der Waals surface area contributed by atoms with Crippen LogP contribution in [0.25, 0.3) is 0 Å². The summed E-state index contributed by atoms with van der Waals surface area (Å²) in [6.07, 6.45) is 3.72. The lowest BCUT2D eigenvalue weighted by molar-refractivity contribution is -0.157. The summed E-state index contributed by atoms with van der Waals surface area (Å²) < 4.78 is 0. The molecule has 2 rings (SSSR count). The maximum atomic E-state index is 11.2. The van der Waals surface area contributed by atoms with Gasteiger partial charge >= 0.3 is 6.09 Å². The highest BCUT2D eigenvalue weighted by molar-refractivity contribution is 5.67. The number of rotatable bonds is 2. The lowest BCUT2D eigenvalue weighted by atomic mass is 10.2. The minimum atomic E-state index is -0.437. The molecule has 1 aromatic heterocycles. The maximum absolute atomic E-state index is 11.2. The number of hydrogen-bond donors (Lipinski definition) is 0. The van der Waals surface area contributed by atoms with Gasteiger partial charge in [0.1, 0.15) is 0 Å². The Morgan fingerprint density at radius 1 is 1.36 bits per heavy atom. The van der Waals surface area contributed by atoms with E-state index < -0.39 is 6.09 Å². The van der Waals surface area contributed by atoms with E-state index in [-0.39, 0.29) is 0 Å². The molecule has 0 unspecified atom stereocenters. The van der Waals surface area contributed by atoms with Crippen LogP contribution in [0.15, 0.2) is 24.5 Å². The zero-order valence-electron chi connectivity index (χ0n) is 7.55. The van der Waals surface area contributed by atoms with Crippen LogP contribution in [0.1, 0.15) is 6.42 Å². The second-order valence-corrected chi connectivity index (χ2v) is 2.96. The lowest BCUT2D eigenvalue weighted by Crippen LogP contribution is -2.42. The fraction of sp³-hybridized carbons (Fsp3) is 0.333. The first-order valence-corrected chi connectivity index (χ1v) is 4.40. The molecule has 74 valence electrons. The van der Waals surface area contributed by atoms with Crippen molar-refractivity contribution in [2.75, 3.05) is 13.1 Å². The number of nitrogens with zero attached hydrogens (tertiary/aromatic N) is 2. The normalized spacial score (nSPS) is 14.4. The molecule has 0 radical (unpaired) electrons. The van der Waals surface area contributed by atoms with E-state index in [2.05, 4.69) is 9.87 Å². The van der Waals surface area contributed by atoms with Crippen LogP contribution in [0.3, 0.4) is 0 Å². The van der Waals surface area contributed by atoms with E-state index in [9.17, 15) is 4.79 Å². The SMILES string of the molecule is O=C(OOc1ccncc1)N1CCC1. The van der Waals surface area contributed by atoms with Crippen molar-refractivity contribution in [3.63, 3.8) is 0 Å². The van der Waals surface area contributed by atoms with Crippen LogP contribution in [0.4, 0.5) is 4.79 Å². The third-order valence-electron chi connectivity index (χ3n) is 1.97. The topological polar surface area (TPSA) is 51.7 Å². The smallest absolute Gasteiger partial charge is 0.305 e. The molecule has 1 aliphatic rings. The van der Waals surface area contributed by atoms with E-state index in [1.165, 1.54) is 0 Å². The number of hydrogen-bond acceptors (Lipinski definition) is 4. The number of amides is 1. The Kier molecular flexibility index (Phi) is 2.48. The minimum absolute atomic E-state index is 0.437. The van der Waals surface area contributed by atoms with Crippen molar-refractivity contribution in [2.45, 2.75) is 6.42 Å². The molecule has 1 amide bonds. The molecule has 1 fully saturated rings. The predicted molar refractivity (Wildman–Crippen MR) is 47.5 cm³/mol. The van der Waals surface area contributed by atoms with Gasteiger partial charge in [0.2, 0.25) is 0 Å². The van der Waals surface area contributed by atoms with Gasteiger partial charge in [0.25, 0.3) is 0 Å². The molecule has 0 spiro atoms. The van der Waals surface area contributed by atoms with Crippen molar-refractivity contribution in [3.05, 3.63) is 24.5 Å². The first kappa shape index (κ1) is 8.80. The molecule has 2 heterocycles. The van der Waals surface area contributed by atoms with E-state index in [0.717, 1.165) is 19.5 Å². The molecule has 14 heavy (non-hydrogen) atoms. The molecule has 0 atom stereocenters. The Morgan fingerprint density at radius 3 is 2.64 bits per heavy atom. The third-order valence-corrected chi connectivity index (χ3v) is 1.97. The predicted octanol–water partition coefficient (Wildman–Crippen LogP) is 1.22. The molecule has 1 saturated heterocycles. The Morgan fingerprint density at radius 2 is 2.07 bits per heavy atom. The van der Waals surface area contributed by atoms with Gasteiger partial charge in [0.05, 0.1) is 0 Å². The van der Waals surface area contributed by atoms with Gasteiger partial charge in [0.15, 0.2) is 5.75 Å². The molecule has 0 aliphatic carbocycles. The van der Waals surface area contributed by atoms with Gasteiger partial charge in [-0.2, -0.15) is 0 Å². The van der Waals surface area contributed by atoms with Crippen molar-refractivity contribution in [1.29, 1.82) is 0 Å². The second-order valence-electron chi connectivity index (χ2n) is 2.96. The van der Waals surface area contributed by atoms with Crippen LogP contribution < -0.4 is 4.89 Å². The van der Waals surface area contributed by atoms with Gasteiger partial charge < -0.3 is 4.90 Å². The van der Waals surface area contributed by atoms with Crippen LogP contribution in [0.2, 0.25) is 0 Å². The summed E-state index contributed by atoms with van der Waals surface area (Å²) in [5, 5.41) is 0. The first-order valence-electron chi connectivity index (χ1n) is 4.40. The van der Waals surface area contributed by atoms with Crippen LogP contribution >= 0.6 is 0 Å². The van der Waals surface area contributed by atoms with E-state index in [1.807, 2.05) is 0 Å². The Bertz CT molecular complexity index is 311. The summed E-state index contributed by atoms with van der Waals surface area (Å²) in [6.45, 7) is 1.50. The highest BCUT2D eigenvalue weighted by Crippen LogP contribution is 2.11. The van der Waals surface area contributed by atoms with E-state index in [0.29, 0.717) is 5.75 Å². The average molecular weight is 194 g/mol. The summed E-state index contributed by atoms with van der Waals surface area (Å²) in [7, 11) is 0. The number of carbonyl (C=O) groups is 1. The summed E-state index contributed by atoms with van der Waals surface area (Å²) in [6, 6.07) is 3.23. The van der Waals surface area contributed by atoms with Crippen molar-refractivity contribution in [1.82, 2.24) is 9.88 Å². The summed E-state index contributed by atoms with van der Waals surface area (Å²) >= 11 is 0. The quantitative estimate of drug-likeness (QED) is 0.524. The molecule has 0 saturated carbocycles. The second kappa shape index (κ2) is 3.95. The molecule has 1 aliphatic heterocycles. The Labute approximate surface area is 81.2 Å². The maximum Gasteiger partial charge on any atom is 0.452 e. The monoisotopic (exact) mass is 194 g/mol. The number of carbonyl (C=O) groups excluding carboxylic acids is 1. The lowest BCUT2D eigenvalue weighted by Gasteiger charge is -2.28. The highest BCUT2D eigenvalue weighted by atomic mass is 17.2. The van der Waals surface area contributed by atoms with Crippen molar-refractivity contribution < 1.29 is 14.6 Å². The summed E-state index contributed by atoms with van der Waals surface area (Å²) in [5.74, 6) is 0.467. The molecular weight excluding hydrogens is 184 g/mol. The molecular formula is C9H10N2O3. The summed E-state index contributed by atoms with van der Waals surface area (Å²) in [5.41, 5.74) is 0. The fourth-order valence-electron chi connectivity index (χ4n) is 1.03. The van der Waals surface area contributed by atoms with Gasteiger partial charge in [-0.05, 0) is 6.42 Å².